The van der Waals surface area contributed by atoms with Crippen molar-refractivity contribution in [3.05, 3.63) is 29.6 Å². The maximum absolute atomic E-state index is 12.3. The molecule has 0 spiro atoms. The van der Waals surface area contributed by atoms with Crippen LogP contribution in [0.5, 0.6) is 0 Å². The maximum atomic E-state index is 12.3. The van der Waals surface area contributed by atoms with Gasteiger partial charge in [-0.25, -0.2) is 4.39 Å². The molecule has 0 heterocycles. The van der Waals surface area contributed by atoms with Crippen LogP contribution >= 0.6 is 0 Å². The van der Waals surface area contributed by atoms with Crippen LogP contribution in [0.1, 0.15) is 5.56 Å². The summed E-state index contributed by atoms with van der Waals surface area (Å²) in [5.41, 5.74) is 7.63. The molecule has 3 heteroatoms. The minimum absolute atomic E-state index is 0.170. The Kier molecular flexibility index (Phi) is 1.87. The van der Waals surface area contributed by atoms with E-state index in [4.69, 9.17) is 10.8 Å². The number of aliphatic hydroxyl groups is 1. The Bertz CT molecular complexity index is 237. The Morgan fingerprint density at radius 1 is 1.50 bits per heavy atom. The van der Waals surface area contributed by atoms with Crippen molar-refractivity contribution >= 4 is 5.69 Å². The summed E-state index contributed by atoms with van der Waals surface area (Å²) in [7, 11) is 0. The second-order valence-electron chi connectivity index (χ2n) is 1.96. The molecule has 0 saturated carbocycles. The zero-order chi connectivity index (χ0) is 7.56. The standard InChI is InChI=1S/C7H7FNO/c8-6-1-2-7(9)5(3-6)4-10/h1-3,9-10H,4H2. The van der Waals surface area contributed by atoms with Gasteiger partial charge in [-0.15, -0.1) is 0 Å². The summed E-state index contributed by atoms with van der Waals surface area (Å²) in [5.74, 6) is -0.417. The number of benzene rings is 1. The van der Waals surface area contributed by atoms with Crippen LogP contribution in [0.3, 0.4) is 0 Å². The Balaban J connectivity index is 3.09. The summed E-state index contributed by atoms with van der Waals surface area (Å²) in [6, 6.07) is 3.67. The molecule has 2 N–H and O–H groups in total. The highest BCUT2D eigenvalue weighted by Gasteiger charge is 1.98. The average molecular weight is 140 g/mol. The first-order valence-electron chi connectivity index (χ1n) is 2.85. The van der Waals surface area contributed by atoms with Crippen LogP contribution in [0.15, 0.2) is 18.2 Å². The second kappa shape index (κ2) is 2.66. The van der Waals surface area contributed by atoms with Gasteiger partial charge in [-0.1, -0.05) is 0 Å². The van der Waals surface area contributed by atoms with Gasteiger partial charge in [-0.2, -0.15) is 0 Å². The molecule has 1 aromatic carbocycles. The molecule has 0 amide bonds. The SMILES string of the molecule is [NH]c1ccc(F)cc1CO. The largest absolute Gasteiger partial charge is 0.392 e. The third kappa shape index (κ3) is 1.25. The monoisotopic (exact) mass is 140 g/mol. The Morgan fingerprint density at radius 3 is 2.70 bits per heavy atom. The van der Waals surface area contributed by atoms with E-state index in [9.17, 15) is 4.39 Å². The predicted molar refractivity (Wildman–Crippen MR) is 35.1 cm³/mol. The molecule has 10 heavy (non-hydrogen) atoms. The van der Waals surface area contributed by atoms with E-state index in [1.807, 2.05) is 0 Å². The van der Waals surface area contributed by atoms with Gasteiger partial charge in [0.25, 0.3) is 0 Å². The van der Waals surface area contributed by atoms with Gasteiger partial charge in [0.1, 0.15) is 5.82 Å². The van der Waals surface area contributed by atoms with E-state index in [2.05, 4.69) is 0 Å². The van der Waals surface area contributed by atoms with Crippen LogP contribution in [0.2, 0.25) is 0 Å². The molecular formula is C7H7FNO. The number of nitrogens with one attached hydrogen (secondary N) is 1. The topological polar surface area (TPSA) is 44.0 Å². The molecular weight excluding hydrogens is 133 g/mol. The lowest BCUT2D eigenvalue weighted by Gasteiger charge is -1.98. The van der Waals surface area contributed by atoms with Gasteiger partial charge in [-0.05, 0) is 18.2 Å². The first kappa shape index (κ1) is 7.02. The average Bonchev–Trinajstić information content (AvgIpc) is 1.94. The first-order chi connectivity index (χ1) is 4.74. The van der Waals surface area contributed by atoms with E-state index >= 15 is 0 Å². The highest BCUT2D eigenvalue weighted by Crippen LogP contribution is 2.13. The van der Waals surface area contributed by atoms with Crippen LogP contribution in [0.25, 0.3) is 0 Å². The molecule has 0 aliphatic heterocycles. The molecule has 1 rings (SSSR count). The zero-order valence-corrected chi connectivity index (χ0v) is 5.26. The van der Waals surface area contributed by atoms with E-state index in [1.54, 1.807) is 0 Å². The highest BCUT2D eigenvalue weighted by molar-refractivity contribution is 5.42. The molecule has 0 aromatic heterocycles. The van der Waals surface area contributed by atoms with Crippen LogP contribution in [0.4, 0.5) is 10.1 Å². The van der Waals surface area contributed by atoms with Gasteiger partial charge in [0.15, 0.2) is 0 Å². The van der Waals surface area contributed by atoms with Gasteiger partial charge in [-0.3, -0.25) is 0 Å². The van der Waals surface area contributed by atoms with E-state index in [1.165, 1.54) is 12.1 Å². The molecule has 2 nitrogen and oxygen atoms in total. The molecule has 0 aliphatic carbocycles. The summed E-state index contributed by atoms with van der Waals surface area (Å²) in [5, 5.41) is 8.56. The Labute approximate surface area is 58.1 Å². The van der Waals surface area contributed by atoms with Crippen molar-refractivity contribution in [1.29, 1.82) is 0 Å². The maximum Gasteiger partial charge on any atom is 0.123 e. The number of halogens is 1. The normalized spacial score (nSPS) is 9.80. The minimum atomic E-state index is -0.417. The molecule has 1 radical (unpaired) electrons. The van der Waals surface area contributed by atoms with Gasteiger partial charge in [0.2, 0.25) is 0 Å². The smallest absolute Gasteiger partial charge is 0.123 e. The van der Waals surface area contributed by atoms with Crippen LogP contribution in [0, 0.1) is 5.82 Å². The molecule has 0 fully saturated rings. The van der Waals surface area contributed by atoms with Crippen LogP contribution in [-0.4, -0.2) is 5.11 Å². The van der Waals surface area contributed by atoms with Gasteiger partial charge < -0.3 is 10.8 Å². The van der Waals surface area contributed by atoms with E-state index in [0.717, 1.165) is 6.07 Å². The second-order valence-corrected chi connectivity index (χ2v) is 1.96. The van der Waals surface area contributed by atoms with Crippen molar-refractivity contribution in [3.63, 3.8) is 0 Å². The van der Waals surface area contributed by atoms with Gasteiger partial charge in [0, 0.05) is 5.56 Å². The zero-order valence-electron chi connectivity index (χ0n) is 5.26. The fourth-order valence-corrected chi connectivity index (χ4v) is 0.693. The number of rotatable bonds is 1. The highest BCUT2D eigenvalue weighted by atomic mass is 19.1. The van der Waals surface area contributed by atoms with Gasteiger partial charge >= 0.3 is 0 Å². The molecule has 0 atom stereocenters. The molecule has 0 aliphatic rings. The van der Waals surface area contributed by atoms with Crippen molar-refractivity contribution < 1.29 is 9.50 Å². The van der Waals surface area contributed by atoms with Crippen LogP contribution < -0.4 is 5.73 Å². The summed E-state index contributed by atoms with van der Waals surface area (Å²) in [4.78, 5) is 0. The Hall–Kier alpha value is -1.09. The lowest BCUT2D eigenvalue weighted by atomic mass is 10.2. The third-order valence-corrected chi connectivity index (χ3v) is 1.24. The summed E-state index contributed by atoms with van der Waals surface area (Å²) in [6.45, 7) is -0.281. The predicted octanol–water partition coefficient (Wildman–Crippen LogP) is 1.23. The molecule has 0 bridgehead atoms. The molecule has 0 saturated heterocycles. The minimum Gasteiger partial charge on any atom is -0.392 e. The summed E-state index contributed by atoms with van der Waals surface area (Å²) >= 11 is 0. The van der Waals surface area contributed by atoms with Crippen molar-refractivity contribution in [3.8, 4) is 0 Å². The fraction of sp³-hybridized carbons (Fsp3) is 0.143. The van der Waals surface area contributed by atoms with Crippen molar-refractivity contribution in [1.82, 2.24) is 5.73 Å². The van der Waals surface area contributed by atoms with Crippen LogP contribution in [-0.2, 0) is 6.61 Å². The quantitative estimate of drug-likeness (QED) is 0.626. The lowest BCUT2D eigenvalue weighted by molar-refractivity contribution is 0.281. The molecule has 0 unspecified atom stereocenters. The molecule has 53 valence electrons. The summed E-state index contributed by atoms with van der Waals surface area (Å²) < 4.78 is 12.3. The summed E-state index contributed by atoms with van der Waals surface area (Å²) in [6.07, 6.45) is 0. The number of hydrogen-bond acceptors (Lipinski definition) is 1. The molecule has 1 aromatic rings. The van der Waals surface area contributed by atoms with Crippen molar-refractivity contribution in [2.45, 2.75) is 6.61 Å². The number of aliphatic hydroxyl groups excluding tert-OH is 1. The van der Waals surface area contributed by atoms with Crippen molar-refractivity contribution in [2.24, 2.45) is 0 Å². The first-order valence-corrected chi connectivity index (χ1v) is 2.85. The van der Waals surface area contributed by atoms with Gasteiger partial charge in [0.05, 0.1) is 12.3 Å². The fourth-order valence-electron chi connectivity index (χ4n) is 0.693. The third-order valence-electron chi connectivity index (χ3n) is 1.24. The lowest BCUT2D eigenvalue weighted by Crippen LogP contribution is -1.87. The van der Waals surface area contributed by atoms with E-state index < -0.39 is 5.82 Å². The van der Waals surface area contributed by atoms with E-state index in [0.29, 0.717) is 5.56 Å². The Morgan fingerprint density at radius 2 is 2.20 bits per heavy atom. The van der Waals surface area contributed by atoms with Crippen molar-refractivity contribution in [2.75, 3.05) is 0 Å². The van der Waals surface area contributed by atoms with E-state index in [-0.39, 0.29) is 12.3 Å². The number of hydrogen-bond donors (Lipinski definition) is 1.